The van der Waals surface area contributed by atoms with Gasteiger partial charge in [0, 0.05) is 37.8 Å². The largest absolute Gasteiger partial charge is 0.493 e. The van der Waals surface area contributed by atoms with E-state index in [1.807, 2.05) is 0 Å². The first-order valence-corrected chi connectivity index (χ1v) is 10.1. The van der Waals surface area contributed by atoms with Crippen molar-refractivity contribution in [2.75, 3.05) is 38.1 Å². The summed E-state index contributed by atoms with van der Waals surface area (Å²) in [6, 6.07) is 10.5. The van der Waals surface area contributed by atoms with Gasteiger partial charge in [0.15, 0.2) is 11.5 Å². The molecule has 1 unspecified atom stereocenters. The summed E-state index contributed by atoms with van der Waals surface area (Å²) in [5.74, 6) is 0.441. The van der Waals surface area contributed by atoms with Crippen LogP contribution < -0.4 is 29.7 Å². The Hall–Kier alpha value is -3.75. The van der Waals surface area contributed by atoms with Crippen LogP contribution in [0.15, 0.2) is 36.4 Å². The van der Waals surface area contributed by atoms with Crippen LogP contribution in [0, 0.1) is 5.92 Å². The molecule has 1 saturated heterocycles. The Bertz CT molecular complexity index is 998. The fourth-order valence-corrected chi connectivity index (χ4v) is 3.66. The second-order valence-electron chi connectivity index (χ2n) is 7.39. The highest BCUT2D eigenvalue weighted by atomic mass is 16.5. The van der Waals surface area contributed by atoms with Crippen molar-refractivity contribution >= 4 is 29.1 Å². The zero-order valence-electron chi connectivity index (χ0n) is 18.6. The van der Waals surface area contributed by atoms with E-state index in [0.29, 0.717) is 28.6 Å². The van der Waals surface area contributed by atoms with Gasteiger partial charge < -0.3 is 29.7 Å². The quantitative estimate of drug-likeness (QED) is 0.651. The maximum absolute atomic E-state index is 12.8. The molecule has 1 aliphatic rings. The van der Waals surface area contributed by atoms with Crippen molar-refractivity contribution < 1.29 is 28.6 Å². The van der Waals surface area contributed by atoms with Crippen LogP contribution in [0.25, 0.3) is 0 Å². The molecule has 1 fully saturated rings. The van der Waals surface area contributed by atoms with E-state index < -0.39 is 5.92 Å². The number of anilines is 2. The third kappa shape index (κ3) is 5.11. The number of ether oxygens (including phenoxy) is 3. The molecular formula is C23H27N3O6. The summed E-state index contributed by atoms with van der Waals surface area (Å²) >= 11 is 0. The van der Waals surface area contributed by atoms with Crippen molar-refractivity contribution in [2.45, 2.75) is 19.9 Å². The first-order chi connectivity index (χ1) is 15.4. The molecule has 3 amide bonds. The van der Waals surface area contributed by atoms with Crippen molar-refractivity contribution in [3.63, 3.8) is 0 Å². The lowest BCUT2D eigenvalue weighted by molar-refractivity contribution is -0.126. The zero-order chi connectivity index (χ0) is 23.3. The standard InChI is InChI=1S/C23H27N3O6/c1-14(27)25-17-6-5-7-18(11-17)26-13-16(10-21(26)28)23(29)24-12-15-8-19(30-2)22(32-4)20(9-15)31-3/h5-9,11,16H,10,12-13H2,1-4H3,(H,24,29)(H,25,27). The highest BCUT2D eigenvalue weighted by Gasteiger charge is 2.35. The van der Waals surface area contributed by atoms with Crippen LogP contribution in [0.2, 0.25) is 0 Å². The number of rotatable bonds is 8. The minimum Gasteiger partial charge on any atom is -0.493 e. The molecule has 3 rings (SSSR count). The first kappa shape index (κ1) is 22.9. The highest BCUT2D eigenvalue weighted by Crippen LogP contribution is 2.38. The van der Waals surface area contributed by atoms with Gasteiger partial charge in [-0.25, -0.2) is 0 Å². The third-order valence-electron chi connectivity index (χ3n) is 5.17. The lowest BCUT2D eigenvalue weighted by Crippen LogP contribution is -2.32. The van der Waals surface area contributed by atoms with Gasteiger partial charge in [-0.05, 0) is 35.9 Å². The molecule has 0 spiro atoms. The minimum atomic E-state index is -0.478. The van der Waals surface area contributed by atoms with Gasteiger partial charge in [0.2, 0.25) is 23.5 Å². The van der Waals surface area contributed by atoms with E-state index in [-0.39, 0.29) is 37.2 Å². The number of carbonyl (C=O) groups is 3. The van der Waals surface area contributed by atoms with Crippen LogP contribution in [-0.2, 0) is 20.9 Å². The molecule has 32 heavy (non-hydrogen) atoms. The van der Waals surface area contributed by atoms with Crippen molar-refractivity contribution in [3.8, 4) is 17.2 Å². The van der Waals surface area contributed by atoms with E-state index in [0.717, 1.165) is 5.56 Å². The Kier molecular flexibility index (Phi) is 7.19. The van der Waals surface area contributed by atoms with Gasteiger partial charge in [0.05, 0.1) is 27.2 Å². The molecule has 0 radical (unpaired) electrons. The lowest BCUT2D eigenvalue weighted by atomic mass is 10.1. The van der Waals surface area contributed by atoms with Gasteiger partial charge in [-0.1, -0.05) is 6.07 Å². The Balaban J connectivity index is 1.66. The Morgan fingerprint density at radius 1 is 1.06 bits per heavy atom. The van der Waals surface area contributed by atoms with E-state index in [1.165, 1.54) is 28.3 Å². The van der Waals surface area contributed by atoms with Crippen molar-refractivity contribution in [1.29, 1.82) is 0 Å². The monoisotopic (exact) mass is 441 g/mol. The van der Waals surface area contributed by atoms with E-state index >= 15 is 0 Å². The molecule has 2 N–H and O–H groups in total. The number of amides is 3. The van der Waals surface area contributed by atoms with Gasteiger partial charge in [0.1, 0.15) is 0 Å². The third-order valence-corrected chi connectivity index (χ3v) is 5.17. The molecule has 9 nitrogen and oxygen atoms in total. The molecule has 2 aromatic carbocycles. The summed E-state index contributed by atoms with van der Waals surface area (Å²) in [6.07, 6.45) is 0.117. The number of carbonyl (C=O) groups excluding carboxylic acids is 3. The van der Waals surface area contributed by atoms with Crippen LogP contribution in [0.3, 0.4) is 0 Å². The molecule has 0 bridgehead atoms. The number of hydrogen-bond donors (Lipinski definition) is 2. The summed E-state index contributed by atoms with van der Waals surface area (Å²) in [6.45, 7) is 1.93. The Labute approximate surface area is 186 Å². The molecule has 9 heteroatoms. The summed E-state index contributed by atoms with van der Waals surface area (Å²) in [5, 5.41) is 5.58. The summed E-state index contributed by atoms with van der Waals surface area (Å²) in [5.41, 5.74) is 2.01. The number of nitrogens with one attached hydrogen (secondary N) is 2. The van der Waals surface area contributed by atoms with Crippen LogP contribution in [0.4, 0.5) is 11.4 Å². The van der Waals surface area contributed by atoms with Crippen molar-refractivity contribution in [3.05, 3.63) is 42.0 Å². The normalized spacial score (nSPS) is 15.3. The molecule has 0 aliphatic carbocycles. The van der Waals surface area contributed by atoms with Crippen LogP contribution in [-0.4, -0.2) is 45.6 Å². The summed E-state index contributed by atoms with van der Waals surface area (Å²) < 4.78 is 16.0. The second kappa shape index (κ2) is 10.0. The predicted molar refractivity (Wildman–Crippen MR) is 119 cm³/mol. The van der Waals surface area contributed by atoms with Gasteiger partial charge >= 0.3 is 0 Å². The van der Waals surface area contributed by atoms with E-state index in [1.54, 1.807) is 41.3 Å². The molecule has 0 aromatic heterocycles. The lowest BCUT2D eigenvalue weighted by Gasteiger charge is -2.18. The van der Waals surface area contributed by atoms with Crippen LogP contribution in [0.1, 0.15) is 18.9 Å². The minimum absolute atomic E-state index is 0.117. The smallest absolute Gasteiger partial charge is 0.227 e. The van der Waals surface area contributed by atoms with Gasteiger partial charge in [-0.15, -0.1) is 0 Å². The maximum Gasteiger partial charge on any atom is 0.227 e. The number of hydrogen-bond acceptors (Lipinski definition) is 6. The molecule has 2 aromatic rings. The van der Waals surface area contributed by atoms with Crippen LogP contribution >= 0.6 is 0 Å². The van der Waals surface area contributed by atoms with Gasteiger partial charge in [0.25, 0.3) is 0 Å². The average Bonchev–Trinajstić information content (AvgIpc) is 3.18. The molecule has 170 valence electrons. The molecule has 1 heterocycles. The second-order valence-corrected chi connectivity index (χ2v) is 7.39. The van der Waals surface area contributed by atoms with Crippen molar-refractivity contribution in [2.24, 2.45) is 5.92 Å². The molecule has 1 atom stereocenters. The topological polar surface area (TPSA) is 106 Å². The van der Waals surface area contributed by atoms with Gasteiger partial charge in [-0.3, -0.25) is 14.4 Å². The van der Waals surface area contributed by atoms with Crippen molar-refractivity contribution in [1.82, 2.24) is 5.32 Å². The van der Waals surface area contributed by atoms with E-state index in [4.69, 9.17) is 14.2 Å². The van der Waals surface area contributed by atoms with E-state index in [9.17, 15) is 14.4 Å². The molecule has 1 aliphatic heterocycles. The Morgan fingerprint density at radius 2 is 1.75 bits per heavy atom. The average molecular weight is 441 g/mol. The fraction of sp³-hybridized carbons (Fsp3) is 0.348. The maximum atomic E-state index is 12.8. The molecule has 0 saturated carbocycles. The predicted octanol–water partition coefficient (Wildman–Crippen LogP) is 2.34. The molecular weight excluding hydrogens is 414 g/mol. The van der Waals surface area contributed by atoms with E-state index in [2.05, 4.69) is 10.6 Å². The number of benzene rings is 2. The fourth-order valence-electron chi connectivity index (χ4n) is 3.66. The number of methoxy groups -OCH3 is 3. The summed E-state index contributed by atoms with van der Waals surface area (Å²) in [7, 11) is 4.58. The Morgan fingerprint density at radius 3 is 2.34 bits per heavy atom. The highest BCUT2D eigenvalue weighted by molar-refractivity contribution is 6.01. The van der Waals surface area contributed by atoms with Crippen LogP contribution in [0.5, 0.6) is 17.2 Å². The number of nitrogens with zero attached hydrogens (tertiary/aromatic N) is 1. The first-order valence-electron chi connectivity index (χ1n) is 10.1. The zero-order valence-corrected chi connectivity index (χ0v) is 18.6. The SMILES string of the molecule is COc1cc(CNC(=O)C2CC(=O)N(c3cccc(NC(C)=O)c3)C2)cc(OC)c1OC. The summed E-state index contributed by atoms with van der Waals surface area (Å²) in [4.78, 5) is 38.2. The van der Waals surface area contributed by atoms with Gasteiger partial charge in [-0.2, -0.15) is 0 Å².